The number of benzene rings is 1. The lowest BCUT2D eigenvalue weighted by Gasteiger charge is -2.18. The van der Waals surface area contributed by atoms with Crippen molar-refractivity contribution in [3.8, 4) is 5.75 Å². The summed E-state index contributed by atoms with van der Waals surface area (Å²) in [4.78, 5) is 10.5. The second-order valence-corrected chi connectivity index (χ2v) is 5.51. The Hall–Kier alpha value is -1.66. The van der Waals surface area contributed by atoms with Crippen molar-refractivity contribution < 1.29 is 14.8 Å². The summed E-state index contributed by atoms with van der Waals surface area (Å²) in [5.41, 5.74) is 0.772. The third-order valence-electron chi connectivity index (χ3n) is 4.07. The van der Waals surface area contributed by atoms with E-state index in [1.165, 1.54) is 26.0 Å². The van der Waals surface area contributed by atoms with Crippen LogP contribution in [0, 0.1) is 16.0 Å². The average Bonchev–Trinajstić information content (AvgIpc) is 3.01. The van der Waals surface area contributed by atoms with Crippen LogP contribution in [-0.4, -0.2) is 29.8 Å². The maximum absolute atomic E-state index is 11.0. The molecule has 1 aliphatic rings. The Balaban J connectivity index is 1.88. The van der Waals surface area contributed by atoms with Crippen molar-refractivity contribution in [3.05, 3.63) is 33.9 Å². The van der Waals surface area contributed by atoms with Crippen molar-refractivity contribution in [2.45, 2.75) is 38.3 Å². The number of hydrogen-bond acceptors (Lipinski definition) is 5. The fourth-order valence-corrected chi connectivity index (χ4v) is 2.86. The van der Waals surface area contributed by atoms with Gasteiger partial charge in [0.1, 0.15) is 0 Å². The summed E-state index contributed by atoms with van der Waals surface area (Å²) < 4.78 is 4.97. The fraction of sp³-hybridized carbons (Fsp3) is 0.600. The normalized spacial score (nSPS) is 16.9. The highest BCUT2D eigenvalue weighted by atomic mass is 16.6. The van der Waals surface area contributed by atoms with Crippen molar-refractivity contribution >= 4 is 5.69 Å². The van der Waals surface area contributed by atoms with Crippen molar-refractivity contribution in [1.29, 1.82) is 0 Å². The largest absolute Gasteiger partial charge is 0.490 e. The summed E-state index contributed by atoms with van der Waals surface area (Å²) in [5, 5.41) is 24.2. The minimum Gasteiger partial charge on any atom is -0.490 e. The highest BCUT2D eigenvalue weighted by Gasteiger charge is 2.22. The van der Waals surface area contributed by atoms with Crippen molar-refractivity contribution in [2.24, 2.45) is 5.92 Å². The molecule has 6 nitrogen and oxygen atoms in total. The molecule has 2 rings (SSSR count). The van der Waals surface area contributed by atoms with Crippen LogP contribution < -0.4 is 10.1 Å². The molecular formula is C15H22N2O4. The van der Waals surface area contributed by atoms with Crippen LogP contribution in [0.1, 0.15) is 31.2 Å². The summed E-state index contributed by atoms with van der Waals surface area (Å²) in [6.45, 7) is 1.01. The number of aliphatic hydroxyl groups is 1. The molecule has 0 heterocycles. The Labute approximate surface area is 124 Å². The Bertz CT molecular complexity index is 487. The summed E-state index contributed by atoms with van der Waals surface area (Å²) in [5.74, 6) is 0.650. The Kier molecular flexibility index (Phi) is 5.52. The first-order valence-corrected chi connectivity index (χ1v) is 7.32. The van der Waals surface area contributed by atoms with Gasteiger partial charge in [0, 0.05) is 19.2 Å². The molecule has 2 N–H and O–H groups in total. The molecule has 0 aromatic heterocycles. The van der Waals surface area contributed by atoms with Crippen LogP contribution in [0.2, 0.25) is 0 Å². The molecule has 0 radical (unpaired) electrons. The summed E-state index contributed by atoms with van der Waals surface area (Å²) in [6.07, 6.45) is 4.26. The van der Waals surface area contributed by atoms with E-state index >= 15 is 0 Å². The first-order chi connectivity index (χ1) is 10.1. The molecule has 0 spiro atoms. The van der Waals surface area contributed by atoms with Gasteiger partial charge in [-0.15, -0.1) is 0 Å². The smallest absolute Gasteiger partial charge is 0.311 e. The van der Waals surface area contributed by atoms with Gasteiger partial charge in [-0.2, -0.15) is 0 Å². The number of nitrogens with zero attached hydrogens (tertiary/aromatic N) is 1. The molecule has 1 saturated carbocycles. The van der Waals surface area contributed by atoms with Gasteiger partial charge in [0.2, 0.25) is 0 Å². The maximum atomic E-state index is 11.0. The highest BCUT2D eigenvalue weighted by Crippen LogP contribution is 2.28. The van der Waals surface area contributed by atoms with E-state index in [-0.39, 0.29) is 17.5 Å². The first-order valence-electron chi connectivity index (χ1n) is 7.32. The highest BCUT2D eigenvalue weighted by molar-refractivity contribution is 5.48. The van der Waals surface area contributed by atoms with Crippen LogP contribution in [-0.2, 0) is 6.54 Å². The van der Waals surface area contributed by atoms with Crippen LogP contribution in [0.5, 0.6) is 5.75 Å². The van der Waals surface area contributed by atoms with Crippen LogP contribution >= 0.6 is 0 Å². The summed E-state index contributed by atoms with van der Waals surface area (Å²) >= 11 is 0. The second-order valence-electron chi connectivity index (χ2n) is 5.51. The van der Waals surface area contributed by atoms with Gasteiger partial charge in [0.05, 0.1) is 18.1 Å². The van der Waals surface area contributed by atoms with Gasteiger partial charge in [-0.25, -0.2) is 0 Å². The van der Waals surface area contributed by atoms with E-state index in [9.17, 15) is 15.2 Å². The van der Waals surface area contributed by atoms with Gasteiger partial charge in [-0.3, -0.25) is 10.1 Å². The fourth-order valence-electron chi connectivity index (χ4n) is 2.86. The third-order valence-corrected chi connectivity index (χ3v) is 4.07. The number of aliphatic hydroxyl groups excluding tert-OH is 1. The lowest BCUT2D eigenvalue weighted by Crippen LogP contribution is -2.31. The molecule has 6 heteroatoms. The van der Waals surface area contributed by atoms with E-state index in [0.717, 1.165) is 18.4 Å². The van der Waals surface area contributed by atoms with Gasteiger partial charge in [0.25, 0.3) is 0 Å². The van der Waals surface area contributed by atoms with Gasteiger partial charge >= 0.3 is 5.69 Å². The molecule has 1 unspecified atom stereocenters. The Morgan fingerprint density at radius 1 is 1.48 bits per heavy atom. The number of rotatable bonds is 7. The van der Waals surface area contributed by atoms with E-state index < -0.39 is 4.92 Å². The molecule has 21 heavy (non-hydrogen) atoms. The Morgan fingerprint density at radius 2 is 2.19 bits per heavy atom. The molecule has 1 aliphatic carbocycles. The van der Waals surface area contributed by atoms with E-state index in [1.807, 2.05) is 0 Å². The molecular weight excluding hydrogens is 272 g/mol. The number of methoxy groups -OCH3 is 1. The standard InChI is InChI=1S/C15H22N2O4/c1-21-15-7-6-11(8-13(15)17(19)20)9-16-10-14(18)12-4-2-3-5-12/h6-8,12,14,16,18H,2-5,9-10H2,1H3. The van der Waals surface area contributed by atoms with E-state index in [4.69, 9.17) is 4.74 Å². The van der Waals surface area contributed by atoms with Crippen LogP contribution in [0.25, 0.3) is 0 Å². The number of nitrogens with one attached hydrogen (secondary N) is 1. The molecule has 1 aromatic rings. The lowest BCUT2D eigenvalue weighted by atomic mass is 10.0. The molecule has 1 aromatic carbocycles. The predicted octanol–water partition coefficient (Wildman–Crippen LogP) is 2.24. The van der Waals surface area contributed by atoms with Crippen molar-refractivity contribution in [2.75, 3.05) is 13.7 Å². The molecule has 0 aliphatic heterocycles. The topological polar surface area (TPSA) is 84.6 Å². The van der Waals surface area contributed by atoms with E-state index in [1.54, 1.807) is 12.1 Å². The summed E-state index contributed by atoms with van der Waals surface area (Å²) in [7, 11) is 1.41. The first kappa shape index (κ1) is 15.7. The number of nitro groups is 1. The average molecular weight is 294 g/mol. The number of nitro benzene ring substituents is 1. The van der Waals surface area contributed by atoms with Crippen LogP contribution in [0.15, 0.2) is 18.2 Å². The van der Waals surface area contributed by atoms with Crippen molar-refractivity contribution in [1.82, 2.24) is 5.32 Å². The van der Waals surface area contributed by atoms with Gasteiger partial charge in [-0.05, 0) is 30.4 Å². The monoisotopic (exact) mass is 294 g/mol. The third kappa shape index (κ3) is 4.15. The summed E-state index contributed by atoms with van der Waals surface area (Å²) in [6, 6.07) is 4.90. The van der Waals surface area contributed by atoms with Gasteiger partial charge in [-0.1, -0.05) is 18.9 Å². The van der Waals surface area contributed by atoms with Gasteiger partial charge in [0.15, 0.2) is 5.75 Å². The maximum Gasteiger partial charge on any atom is 0.311 e. The van der Waals surface area contributed by atoms with Crippen molar-refractivity contribution in [3.63, 3.8) is 0 Å². The van der Waals surface area contributed by atoms with Crippen LogP contribution in [0.3, 0.4) is 0 Å². The molecule has 1 fully saturated rings. The quantitative estimate of drug-likeness (QED) is 0.595. The van der Waals surface area contributed by atoms with Gasteiger partial charge < -0.3 is 15.2 Å². The molecule has 0 amide bonds. The zero-order valence-electron chi connectivity index (χ0n) is 12.2. The molecule has 0 bridgehead atoms. The van der Waals surface area contributed by atoms with E-state index in [0.29, 0.717) is 19.0 Å². The Morgan fingerprint density at radius 3 is 2.81 bits per heavy atom. The minimum absolute atomic E-state index is 0.0341. The van der Waals surface area contributed by atoms with Crippen LogP contribution in [0.4, 0.5) is 5.69 Å². The van der Waals surface area contributed by atoms with E-state index in [2.05, 4.69) is 5.32 Å². The lowest BCUT2D eigenvalue weighted by molar-refractivity contribution is -0.385. The molecule has 1 atom stereocenters. The number of hydrogen-bond donors (Lipinski definition) is 2. The minimum atomic E-state index is -0.449. The molecule has 0 saturated heterocycles. The predicted molar refractivity (Wildman–Crippen MR) is 79.3 cm³/mol. The SMILES string of the molecule is COc1ccc(CNCC(O)C2CCCC2)cc1[N+](=O)[O-]. The molecule has 116 valence electrons. The zero-order valence-corrected chi connectivity index (χ0v) is 12.2. The second kappa shape index (κ2) is 7.38. The number of ether oxygens (including phenoxy) is 1. The zero-order chi connectivity index (χ0) is 15.2.